The number of carbonyl (C=O) groups is 1. The maximum Gasteiger partial charge on any atom is 0.223 e. The summed E-state index contributed by atoms with van der Waals surface area (Å²) in [7, 11) is 1.94. The molecule has 0 radical (unpaired) electrons. The summed E-state index contributed by atoms with van der Waals surface area (Å²) in [6, 6.07) is 0.463. The number of hydrogen-bond acceptors (Lipinski definition) is 2. The Hall–Kier alpha value is -0.180. The number of amides is 1. The van der Waals surface area contributed by atoms with Crippen LogP contribution in [0.2, 0.25) is 0 Å². The van der Waals surface area contributed by atoms with Gasteiger partial charge in [0.25, 0.3) is 0 Å². The maximum atomic E-state index is 11.7. The third kappa shape index (κ3) is 3.71. The van der Waals surface area contributed by atoms with Crippen molar-refractivity contribution in [2.45, 2.75) is 52.0 Å². The fourth-order valence-electron chi connectivity index (χ4n) is 2.25. The fourth-order valence-corrected chi connectivity index (χ4v) is 2.44. The maximum absolute atomic E-state index is 11.7. The molecule has 1 rings (SSSR count). The molecule has 0 aromatic carbocycles. The van der Waals surface area contributed by atoms with Crippen LogP contribution in [0.3, 0.4) is 0 Å². The third-order valence-corrected chi connectivity index (χ3v) is 3.80. The van der Waals surface area contributed by atoms with Crippen molar-refractivity contribution in [3.8, 4) is 0 Å². The predicted molar refractivity (Wildman–Crippen MR) is 67.3 cm³/mol. The first-order valence-corrected chi connectivity index (χ1v) is 6.46. The molecule has 1 amide bonds. The Morgan fingerprint density at radius 1 is 1.40 bits per heavy atom. The van der Waals surface area contributed by atoms with E-state index in [0.29, 0.717) is 23.6 Å². The van der Waals surface area contributed by atoms with Crippen LogP contribution in [0.1, 0.15) is 46.0 Å². The number of carbonyl (C=O) groups excluding carboxylic acids is 1. The van der Waals surface area contributed by atoms with E-state index < -0.39 is 0 Å². The van der Waals surface area contributed by atoms with Crippen molar-refractivity contribution in [3.05, 3.63) is 0 Å². The lowest BCUT2D eigenvalue weighted by molar-refractivity contribution is -0.132. The van der Waals surface area contributed by atoms with Crippen LogP contribution >= 0.6 is 12.6 Å². The van der Waals surface area contributed by atoms with Gasteiger partial charge >= 0.3 is 0 Å². The summed E-state index contributed by atoms with van der Waals surface area (Å²) in [5, 5.41) is 0. The zero-order valence-electron chi connectivity index (χ0n) is 10.1. The fraction of sp³-hybridized carbons (Fsp3) is 0.917. The quantitative estimate of drug-likeness (QED) is 0.738. The normalized spacial score (nSPS) is 21.3. The van der Waals surface area contributed by atoms with Crippen molar-refractivity contribution in [3.63, 3.8) is 0 Å². The van der Waals surface area contributed by atoms with E-state index in [0.717, 1.165) is 12.8 Å². The molecule has 0 N–H and O–H groups in total. The zero-order valence-corrected chi connectivity index (χ0v) is 11.0. The largest absolute Gasteiger partial charge is 0.343 e. The summed E-state index contributed by atoms with van der Waals surface area (Å²) in [5.74, 6) is 0.899. The second-order valence-corrected chi connectivity index (χ2v) is 5.82. The van der Waals surface area contributed by atoms with E-state index in [1.807, 2.05) is 11.9 Å². The van der Waals surface area contributed by atoms with Gasteiger partial charge in [-0.3, -0.25) is 4.79 Å². The van der Waals surface area contributed by atoms with Crippen LogP contribution in [-0.4, -0.2) is 29.6 Å². The van der Waals surface area contributed by atoms with E-state index in [2.05, 4.69) is 26.5 Å². The van der Waals surface area contributed by atoms with Crippen molar-refractivity contribution in [1.29, 1.82) is 0 Å². The molecule has 0 bridgehead atoms. The number of rotatable bonds is 3. The van der Waals surface area contributed by atoms with Gasteiger partial charge in [-0.25, -0.2) is 0 Å². The molecule has 88 valence electrons. The predicted octanol–water partition coefficient (Wildman–Crippen LogP) is 2.73. The Balaban J connectivity index is 2.42. The van der Waals surface area contributed by atoms with Gasteiger partial charge in [0.1, 0.15) is 0 Å². The molecular weight excluding hydrogens is 206 g/mol. The minimum atomic E-state index is 0.245. The van der Waals surface area contributed by atoms with Crippen molar-refractivity contribution < 1.29 is 4.79 Å². The molecule has 0 atom stereocenters. The topological polar surface area (TPSA) is 20.3 Å². The molecule has 1 aliphatic rings. The lowest BCUT2D eigenvalue weighted by Crippen LogP contribution is -2.40. The lowest BCUT2D eigenvalue weighted by atomic mass is 9.75. The molecule has 0 aromatic rings. The van der Waals surface area contributed by atoms with Crippen molar-refractivity contribution in [2.24, 2.45) is 5.41 Å². The van der Waals surface area contributed by atoms with E-state index >= 15 is 0 Å². The number of thiol groups is 1. The van der Waals surface area contributed by atoms with E-state index in [4.69, 9.17) is 0 Å². The molecule has 1 aliphatic carbocycles. The highest BCUT2D eigenvalue weighted by Gasteiger charge is 2.30. The summed E-state index contributed by atoms with van der Waals surface area (Å²) in [6.45, 7) is 4.64. The number of nitrogens with zero attached hydrogens (tertiary/aromatic N) is 1. The zero-order chi connectivity index (χ0) is 11.5. The van der Waals surface area contributed by atoms with Gasteiger partial charge in [-0.2, -0.15) is 12.6 Å². The van der Waals surface area contributed by atoms with Crippen molar-refractivity contribution in [1.82, 2.24) is 4.90 Å². The molecular formula is C12H23NOS. The lowest BCUT2D eigenvalue weighted by Gasteiger charge is -2.38. The van der Waals surface area contributed by atoms with Gasteiger partial charge in [0, 0.05) is 19.5 Å². The minimum absolute atomic E-state index is 0.245. The van der Waals surface area contributed by atoms with E-state index in [-0.39, 0.29) is 5.91 Å². The van der Waals surface area contributed by atoms with Gasteiger partial charge in [0.15, 0.2) is 0 Å². The summed E-state index contributed by atoms with van der Waals surface area (Å²) in [4.78, 5) is 13.6. The van der Waals surface area contributed by atoms with Crippen LogP contribution in [0.15, 0.2) is 0 Å². The molecule has 15 heavy (non-hydrogen) atoms. The molecule has 0 aromatic heterocycles. The molecule has 2 nitrogen and oxygen atoms in total. The Morgan fingerprint density at radius 2 is 1.93 bits per heavy atom. The minimum Gasteiger partial charge on any atom is -0.343 e. The van der Waals surface area contributed by atoms with Crippen LogP contribution in [0.4, 0.5) is 0 Å². The first kappa shape index (κ1) is 12.9. The highest BCUT2D eigenvalue weighted by Crippen LogP contribution is 2.36. The van der Waals surface area contributed by atoms with Crippen LogP contribution in [-0.2, 0) is 4.79 Å². The Bertz CT molecular complexity index is 218. The summed E-state index contributed by atoms with van der Waals surface area (Å²) >= 11 is 4.10. The summed E-state index contributed by atoms with van der Waals surface area (Å²) < 4.78 is 0. The van der Waals surface area contributed by atoms with E-state index in [1.54, 1.807) is 0 Å². The SMILES string of the molecule is CN(C(=O)CCS)C1CCC(C)(C)CC1. The molecule has 3 heteroatoms. The van der Waals surface area contributed by atoms with Crippen LogP contribution in [0.25, 0.3) is 0 Å². The average Bonchev–Trinajstić information content (AvgIpc) is 2.17. The first-order valence-electron chi connectivity index (χ1n) is 5.83. The highest BCUT2D eigenvalue weighted by molar-refractivity contribution is 7.80. The second-order valence-electron chi connectivity index (χ2n) is 5.37. The molecule has 0 spiro atoms. The molecule has 0 aliphatic heterocycles. The van der Waals surface area contributed by atoms with Gasteiger partial charge in [0.05, 0.1) is 0 Å². The van der Waals surface area contributed by atoms with Gasteiger partial charge in [0.2, 0.25) is 5.91 Å². The highest BCUT2D eigenvalue weighted by atomic mass is 32.1. The monoisotopic (exact) mass is 229 g/mol. The Kier molecular flexibility index (Phi) is 4.50. The third-order valence-electron chi connectivity index (χ3n) is 3.58. The van der Waals surface area contributed by atoms with Crippen LogP contribution in [0.5, 0.6) is 0 Å². The van der Waals surface area contributed by atoms with Gasteiger partial charge in [-0.15, -0.1) is 0 Å². The van der Waals surface area contributed by atoms with Gasteiger partial charge < -0.3 is 4.90 Å². The molecule has 0 heterocycles. The van der Waals surface area contributed by atoms with Crippen LogP contribution in [0, 0.1) is 5.41 Å². The molecule has 1 fully saturated rings. The molecule has 0 unspecified atom stereocenters. The first-order chi connectivity index (χ1) is 6.96. The van der Waals surface area contributed by atoms with Crippen LogP contribution < -0.4 is 0 Å². The van der Waals surface area contributed by atoms with E-state index in [1.165, 1.54) is 12.8 Å². The van der Waals surface area contributed by atoms with E-state index in [9.17, 15) is 4.79 Å². The number of hydrogen-bond donors (Lipinski definition) is 1. The summed E-state index contributed by atoms with van der Waals surface area (Å²) in [6.07, 6.45) is 5.34. The molecule has 0 saturated heterocycles. The Labute approximate surface area is 98.8 Å². The van der Waals surface area contributed by atoms with Crippen molar-refractivity contribution >= 4 is 18.5 Å². The van der Waals surface area contributed by atoms with Crippen molar-refractivity contribution in [2.75, 3.05) is 12.8 Å². The Morgan fingerprint density at radius 3 is 2.40 bits per heavy atom. The average molecular weight is 229 g/mol. The smallest absolute Gasteiger partial charge is 0.223 e. The van der Waals surface area contributed by atoms with Gasteiger partial charge in [-0.05, 0) is 36.9 Å². The standard InChI is InChI=1S/C12H23NOS/c1-12(2)7-4-10(5-8-12)13(3)11(14)6-9-15/h10,15H,4-9H2,1-3H3. The molecule has 1 saturated carbocycles. The second kappa shape index (κ2) is 5.24. The summed E-state index contributed by atoms with van der Waals surface area (Å²) in [5.41, 5.74) is 0.476. The van der Waals surface area contributed by atoms with Gasteiger partial charge in [-0.1, -0.05) is 13.8 Å².